The van der Waals surface area contributed by atoms with E-state index in [0.717, 1.165) is 6.07 Å². The van der Waals surface area contributed by atoms with Crippen LogP contribution in [0.15, 0.2) is 6.07 Å². The summed E-state index contributed by atoms with van der Waals surface area (Å²) in [5.74, 6) is -6.59. The molecule has 0 aliphatic rings. The number of alkyl halides is 2. The maximum absolute atomic E-state index is 12.8. The van der Waals surface area contributed by atoms with E-state index >= 15 is 0 Å². The maximum atomic E-state index is 12.8. The second-order valence-electron chi connectivity index (χ2n) is 2.10. The molecule has 0 aliphatic carbocycles. The van der Waals surface area contributed by atoms with E-state index in [0.29, 0.717) is 11.3 Å². The molecule has 14 heavy (non-hydrogen) atoms. The van der Waals surface area contributed by atoms with Gasteiger partial charge in [0.25, 0.3) is 0 Å². The van der Waals surface area contributed by atoms with Crippen molar-refractivity contribution >= 4 is 40.5 Å². The molecular weight excluding hydrogens is 268 g/mol. The molecular formula is C6HCl2F2NaO2S. The Labute approximate surface area is 114 Å². The van der Waals surface area contributed by atoms with E-state index in [9.17, 15) is 18.7 Å². The van der Waals surface area contributed by atoms with Gasteiger partial charge >= 0.3 is 35.5 Å². The smallest absolute Gasteiger partial charge is 0.544 e. The van der Waals surface area contributed by atoms with Gasteiger partial charge in [-0.15, -0.1) is 11.3 Å². The molecule has 1 heterocycles. The Morgan fingerprint density at radius 1 is 1.50 bits per heavy atom. The molecule has 1 aromatic heterocycles. The number of carboxylic acid groups (broad SMARTS) is 1. The molecule has 1 rings (SSSR count). The second-order valence-corrected chi connectivity index (χ2v) is 4.39. The Morgan fingerprint density at radius 3 is 2.29 bits per heavy atom. The molecule has 0 atom stereocenters. The van der Waals surface area contributed by atoms with Crippen molar-refractivity contribution in [1.82, 2.24) is 0 Å². The van der Waals surface area contributed by atoms with Crippen molar-refractivity contribution < 1.29 is 48.2 Å². The van der Waals surface area contributed by atoms with E-state index < -0.39 is 17.5 Å². The van der Waals surface area contributed by atoms with Gasteiger partial charge in [-0.3, -0.25) is 0 Å². The van der Waals surface area contributed by atoms with Gasteiger partial charge in [0.1, 0.15) is 10.3 Å². The number of rotatable bonds is 2. The fourth-order valence-corrected chi connectivity index (χ4v) is 2.19. The monoisotopic (exact) mass is 268 g/mol. The van der Waals surface area contributed by atoms with Crippen LogP contribution in [0.2, 0.25) is 8.67 Å². The number of halogens is 4. The van der Waals surface area contributed by atoms with Gasteiger partial charge in [-0.25, -0.2) is 0 Å². The van der Waals surface area contributed by atoms with Crippen molar-refractivity contribution in [3.63, 3.8) is 0 Å². The summed E-state index contributed by atoms with van der Waals surface area (Å²) in [6.07, 6.45) is 0. The first kappa shape index (κ1) is 14.6. The number of hydrogen-bond acceptors (Lipinski definition) is 3. The first-order valence-corrected chi connectivity index (χ1v) is 4.47. The van der Waals surface area contributed by atoms with Crippen LogP contribution in [-0.4, -0.2) is 5.97 Å². The van der Waals surface area contributed by atoms with Gasteiger partial charge in [-0.2, -0.15) is 8.78 Å². The van der Waals surface area contributed by atoms with Crippen molar-refractivity contribution in [3.8, 4) is 0 Å². The topological polar surface area (TPSA) is 40.1 Å². The summed E-state index contributed by atoms with van der Waals surface area (Å²) in [5, 5.41) is 10.0. The van der Waals surface area contributed by atoms with Crippen molar-refractivity contribution in [2.45, 2.75) is 5.92 Å². The van der Waals surface area contributed by atoms with Crippen LogP contribution in [-0.2, 0) is 10.7 Å². The van der Waals surface area contributed by atoms with Crippen molar-refractivity contribution in [1.29, 1.82) is 0 Å². The van der Waals surface area contributed by atoms with E-state index in [1.165, 1.54) is 0 Å². The Hall–Kier alpha value is 0.610. The predicted octanol–water partition coefficient (Wildman–Crippen LogP) is -1.10. The summed E-state index contributed by atoms with van der Waals surface area (Å²) in [6, 6.07) is 0.810. The minimum atomic E-state index is -4.10. The zero-order chi connectivity index (χ0) is 10.2. The number of aliphatic carboxylic acids is 1. The molecule has 0 bridgehead atoms. The molecule has 0 saturated heterocycles. The third kappa shape index (κ3) is 2.81. The van der Waals surface area contributed by atoms with E-state index in [1.54, 1.807) is 0 Å². The zero-order valence-corrected chi connectivity index (χ0v) is 11.1. The summed E-state index contributed by atoms with van der Waals surface area (Å²) in [4.78, 5) is 10.0. The average molecular weight is 269 g/mol. The molecule has 72 valence electrons. The summed E-state index contributed by atoms with van der Waals surface area (Å²) in [5.41, 5.74) is -0.829. The quantitative estimate of drug-likeness (QED) is 0.639. The largest absolute Gasteiger partial charge is 1.00 e. The molecule has 0 N–H and O–H groups in total. The molecule has 0 aliphatic heterocycles. The zero-order valence-electron chi connectivity index (χ0n) is 6.81. The van der Waals surface area contributed by atoms with Crippen LogP contribution < -0.4 is 34.7 Å². The van der Waals surface area contributed by atoms with Crippen LogP contribution in [0.1, 0.15) is 5.56 Å². The minimum Gasteiger partial charge on any atom is -0.544 e. The minimum absolute atomic E-state index is 0. The number of carbonyl (C=O) groups is 1. The summed E-state index contributed by atoms with van der Waals surface area (Å²) in [6.45, 7) is 0. The van der Waals surface area contributed by atoms with E-state index in [4.69, 9.17) is 23.2 Å². The molecule has 1 aromatic rings. The number of carboxylic acids is 1. The molecule has 0 aromatic carbocycles. The van der Waals surface area contributed by atoms with Crippen molar-refractivity contribution in [2.75, 3.05) is 0 Å². The summed E-state index contributed by atoms with van der Waals surface area (Å²) < 4.78 is 25.2. The average Bonchev–Trinajstić information content (AvgIpc) is 2.30. The first-order valence-electron chi connectivity index (χ1n) is 2.90. The van der Waals surface area contributed by atoms with Gasteiger partial charge in [0.05, 0.1) is 9.90 Å². The molecule has 8 heteroatoms. The Bertz CT molecular complexity index is 356. The second kappa shape index (κ2) is 5.09. The van der Waals surface area contributed by atoms with Gasteiger partial charge < -0.3 is 9.90 Å². The van der Waals surface area contributed by atoms with Crippen LogP contribution in [0.3, 0.4) is 0 Å². The molecule has 0 unspecified atom stereocenters. The summed E-state index contributed by atoms with van der Waals surface area (Å²) in [7, 11) is 0. The van der Waals surface area contributed by atoms with Crippen LogP contribution in [0.5, 0.6) is 0 Å². The number of thiophene rings is 1. The van der Waals surface area contributed by atoms with Gasteiger partial charge in [0.15, 0.2) is 0 Å². The number of hydrogen-bond donors (Lipinski definition) is 0. The molecule has 0 fully saturated rings. The summed E-state index contributed by atoms with van der Waals surface area (Å²) >= 11 is 11.4. The SMILES string of the molecule is O=C([O-])C(F)(F)c1cc(Cl)sc1Cl.[Na+]. The van der Waals surface area contributed by atoms with E-state index in [2.05, 4.69) is 0 Å². The van der Waals surface area contributed by atoms with Crippen LogP contribution in [0, 0.1) is 0 Å². The van der Waals surface area contributed by atoms with Crippen molar-refractivity contribution in [2.24, 2.45) is 0 Å². The van der Waals surface area contributed by atoms with Gasteiger partial charge in [0, 0.05) is 0 Å². The van der Waals surface area contributed by atoms with Gasteiger partial charge in [-0.1, -0.05) is 23.2 Å². The van der Waals surface area contributed by atoms with Crippen molar-refractivity contribution in [3.05, 3.63) is 20.3 Å². The first-order chi connectivity index (χ1) is 5.85. The third-order valence-electron chi connectivity index (χ3n) is 1.25. The number of carbonyl (C=O) groups excluding carboxylic acids is 1. The standard InChI is InChI=1S/C6H2Cl2F2O2S.Na/c7-3-1-2(4(8)13-3)6(9,10)5(11)12;/h1H,(H,11,12);/q;+1/p-1. The normalized spacial score (nSPS) is 10.9. The Morgan fingerprint density at radius 2 is 2.00 bits per heavy atom. The fraction of sp³-hybridized carbons (Fsp3) is 0.167. The Balaban J connectivity index is 0.00000169. The molecule has 0 radical (unpaired) electrons. The molecule has 0 amide bonds. The maximum Gasteiger partial charge on any atom is 1.00 e. The Kier molecular flexibility index (Phi) is 5.32. The fourth-order valence-electron chi connectivity index (χ4n) is 0.664. The predicted molar refractivity (Wildman–Crippen MR) is 43.2 cm³/mol. The van der Waals surface area contributed by atoms with E-state index in [-0.39, 0.29) is 38.2 Å². The van der Waals surface area contributed by atoms with E-state index in [1.807, 2.05) is 0 Å². The van der Waals surface area contributed by atoms with Crippen LogP contribution in [0.4, 0.5) is 8.78 Å². The van der Waals surface area contributed by atoms with Crippen LogP contribution in [0.25, 0.3) is 0 Å². The third-order valence-corrected chi connectivity index (χ3v) is 2.74. The molecule has 0 saturated carbocycles. The molecule has 0 spiro atoms. The van der Waals surface area contributed by atoms with Crippen LogP contribution >= 0.6 is 34.5 Å². The van der Waals surface area contributed by atoms with Gasteiger partial charge in [0.2, 0.25) is 0 Å². The van der Waals surface area contributed by atoms with Gasteiger partial charge in [-0.05, 0) is 6.07 Å². The molecule has 2 nitrogen and oxygen atoms in total.